The highest BCUT2D eigenvalue weighted by molar-refractivity contribution is 6.26. The molecule has 0 bridgehead atoms. The van der Waals surface area contributed by atoms with E-state index in [0.29, 0.717) is 0 Å². The molecule has 7 rings (SSSR count). The van der Waals surface area contributed by atoms with Crippen molar-refractivity contribution >= 4 is 32.6 Å². The molecular weight excluding hydrogens is 424 g/mol. The van der Waals surface area contributed by atoms with Crippen molar-refractivity contribution in [3.05, 3.63) is 59.3 Å². The zero-order valence-corrected chi connectivity index (χ0v) is 19.3. The summed E-state index contributed by atoms with van der Waals surface area (Å²) in [6.45, 7) is 3.91. The first kappa shape index (κ1) is 20.0. The van der Waals surface area contributed by atoms with Gasteiger partial charge in [0.15, 0.2) is 5.88 Å². The van der Waals surface area contributed by atoms with Crippen molar-refractivity contribution in [1.82, 2.24) is 9.55 Å². The average molecular weight is 453 g/mol. The minimum atomic E-state index is 0.158. The minimum absolute atomic E-state index is 0.158. The number of phenolic OH excluding ortho intramolecular Hbond substituents is 1. The molecule has 5 aromatic rings. The van der Waals surface area contributed by atoms with Gasteiger partial charge < -0.3 is 24.5 Å². The van der Waals surface area contributed by atoms with Crippen molar-refractivity contribution in [2.75, 3.05) is 6.61 Å². The Bertz CT molecular complexity index is 1600. The molecule has 2 aliphatic rings. The summed E-state index contributed by atoms with van der Waals surface area (Å²) in [5.74, 6) is 0.496. The largest absolute Gasteiger partial charge is 0.508 e. The highest BCUT2D eigenvalue weighted by atomic mass is 16.5. The van der Waals surface area contributed by atoms with Gasteiger partial charge >= 0.3 is 0 Å². The molecule has 1 fully saturated rings. The number of rotatable bonds is 2. The number of aromatic hydroxyl groups is 2. The van der Waals surface area contributed by atoms with Crippen LogP contribution >= 0.6 is 0 Å². The molecule has 0 saturated carbocycles. The van der Waals surface area contributed by atoms with Gasteiger partial charge in [-0.2, -0.15) is 0 Å². The number of nitrogens with zero attached hydrogens (tertiary/aromatic N) is 1. The Balaban J connectivity index is 1.62. The van der Waals surface area contributed by atoms with Gasteiger partial charge in [0.1, 0.15) is 5.75 Å². The predicted octanol–water partition coefficient (Wildman–Crippen LogP) is 6.71. The molecule has 5 nitrogen and oxygen atoms in total. The smallest absolute Gasteiger partial charge is 0.197 e. The van der Waals surface area contributed by atoms with Gasteiger partial charge in [-0.05, 0) is 85.5 Å². The molecule has 5 heteroatoms. The lowest BCUT2D eigenvalue weighted by molar-refractivity contribution is 0.0150. The normalized spacial score (nSPS) is 18.0. The van der Waals surface area contributed by atoms with E-state index < -0.39 is 0 Å². The topological polar surface area (TPSA) is 70.4 Å². The van der Waals surface area contributed by atoms with Gasteiger partial charge in [0, 0.05) is 46.6 Å². The average Bonchev–Trinajstić information content (AvgIpc) is 3.41. The molecule has 0 radical (unpaired) electrons. The van der Waals surface area contributed by atoms with Crippen LogP contribution in [0.3, 0.4) is 0 Å². The van der Waals surface area contributed by atoms with Crippen molar-refractivity contribution in [3.8, 4) is 22.8 Å². The van der Waals surface area contributed by atoms with E-state index in [4.69, 9.17) is 4.74 Å². The number of nitrogens with one attached hydrogen (secondary N) is 1. The summed E-state index contributed by atoms with van der Waals surface area (Å²) in [5.41, 5.74) is 8.34. The van der Waals surface area contributed by atoms with Crippen molar-refractivity contribution < 1.29 is 14.9 Å². The van der Waals surface area contributed by atoms with Crippen LogP contribution in [0.4, 0.5) is 0 Å². The fraction of sp³-hybridized carbons (Fsp3) is 0.310. The number of aryl methyl sites for hydroxylation is 3. The number of aromatic amines is 1. The molecule has 0 amide bonds. The van der Waals surface area contributed by atoms with Crippen LogP contribution in [0, 0.1) is 0 Å². The quantitative estimate of drug-likeness (QED) is 0.279. The maximum Gasteiger partial charge on any atom is 0.197 e. The molecule has 1 atom stereocenters. The molecule has 2 aromatic heterocycles. The molecule has 3 N–H and O–H groups in total. The highest BCUT2D eigenvalue weighted by Gasteiger charge is 2.28. The molecule has 1 saturated heterocycles. The van der Waals surface area contributed by atoms with Gasteiger partial charge in [-0.3, -0.25) is 0 Å². The van der Waals surface area contributed by atoms with Crippen LogP contribution < -0.4 is 0 Å². The zero-order chi connectivity index (χ0) is 23.0. The fourth-order valence-electron chi connectivity index (χ4n) is 6.45. The third-order valence-electron chi connectivity index (χ3n) is 7.92. The fourth-order valence-corrected chi connectivity index (χ4v) is 6.45. The molecule has 1 aliphatic heterocycles. The van der Waals surface area contributed by atoms with Crippen molar-refractivity contribution in [1.29, 1.82) is 0 Å². The number of hydrogen-bond donors (Lipinski definition) is 3. The maximum absolute atomic E-state index is 11.0. The van der Waals surface area contributed by atoms with Gasteiger partial charge in [0.2, 0.25) is 0 Å². The van der Waals surface area contributed by atoms with E-state index in [1.165, 1.54) is 39.4 Å². The molecule has 1 aliphatic carbocycles. The first-order valence-electron chi connectivity index (χ1n) is 12.4. The zero-order valence-electron chi connectivity index (χ0n) is 19.3. The molecule has 1 unspecified atom stereocenters. The Morgan fingerprint density at radius 1 is 1.03 bits per heavy atom. The third kappa shape index (κ3) is 2.65. The number of H-pyrrole nitrogens is 1. The SMILES string of the molecule is CCn1c2ccc(C3CCCCO3)cc2c2c3c[nH]c(O)c3c3c(c21)CCc1cc(O)ccc1-3. The summed E-state index contributed by atoms with van der Waals surface area (Å²) in [6, 6.07) is 12.4. The first-order valence-corrected chi connectivity index (χ1v) is 12.4. The number of fused-ring (bicyclic) bond motifs is 10. The van der Waals surface area contributed by atoms with Crippen LogP contribution in [0.5, 0.6) is 11.6 Å². The Kier molecular flexibility index (Phi) is 4.28. The summed E-state index contributed by atoms with van der Waals surface area (Å²) < 4.78 is 8.55. The van der Waals surface area contributed by atoms with E-state index in [1.54, 1.807) is 6.07 Å². The van der Waals surface area contributed by atoms with Crippen molar-refractivity contribution in [2.24, 2.45) is 0 Å². The molecule has 172 valence electrons. The second-order valence-electron chi connectivity index (χ2n) is 9.72. The number of ether oxygens (including phenoxy) is 1. The second-order valence-corrected chi connectivity index (χ2v) is 9.72. The number of benzene rings is 3. The summed E-state index contributed by atoms with van der Waals surface area (Å²) >= 11 is 0. The summed E-state index contributed by atoms with van der Waals surface area (Å²) in [7, 11) is 0. The van der Waals surface area contributed by atoms with Gasteiger partial charge in [-0.1, -0.05) is 12.1 Å². The first-order chi connectivity index (χ1) is 16.7. The number of hydrogen-bond acceptors (Lipinski definition) is 3. The van der Waals surface area contributed by atoms with E-state index in [9.17, 15) is 10.2 Å². The van der Waals surface area contributed by atoms with Gasteiger partial charge in [-0.25, -0.2) is 0 Å². The molecule has 0 spiro atoms. The van der Waals surface area contributed by atoms with E-state index in [2.05, 4.69) is 34.7 Å². The Morgan fingerprint density at radius 3 is 2.76 bits per heavy atom. The molecule has 34 heavy (non-hydrogen) atoms. The van der Waals surface area contributed by atoms with E-state index in [-0.39, 0.29) is 17.7 Å². The van der Waals surface area contributed by atoms with Crippen LogP contribution in [0.2, 0.25) is 0 Å². The van der Waals surface area contributed by atoms with Crippen LogP contribution in [0.15, 0.2) is 42.6 Å². The van der Waals surface area contributed by atoms with Crippen LogP contribution in [-0.4, -0.2) is 26.4 Å². The van der Waals surface area contributed by atoms with Gasteiger partial charge in [-0.15, -0.1) is 0 Å². The number of aromatic nitrogens is 2. The summed E-state index contributed by atoms with van der Waals surface area (Å²) in [6.07, 6.45) is 7.26. The minimum Gasteiger partial charge on any atom is -0.508 e. The Labute approximate surface area is 197 Å². The third-order valence-corrected chi connectivity index (χ3v) is 7.92. The van der Waals surface area contributed by atoms with Gasteiger partial charge in [0.25, 0.3) is 0 Å². The van der Waals surface area contributed by atoms with E-state index >= 15 is 0 Å². The lowest BCUT2D eigenvalue weighted by Gasteiger charge is -2.23. The molecular formula is C29H28N2O3. The number of phenols is 1. The lowest BCUT2D eigenvalue weighted by atomic mass is 9.81. The summed E-state index contributed by atoms with van der Waals surface area (Å²) in [4.78, 5) is 3.10. The lowest BCUT2D eigenvalue weighted by Crippen LogP contribution is -2.11. The van der Waals surface area contributed by atoms with Crippen molar-refractivity contribution in [2.45, 2.75) is 51.7 Å². The van der Waals surface area contributed by atoms with Crippen LogP contribution in [0.25, 0.3) is 43.7 Å². The predicted molar refractivity (Wildman–Crippen MR) is 136 cm³/mol. The van der Waals surface area contributed by atoms with Crippen LogP contribution in [0.1, 0.15) is 49.0 Å². The highest BCUT2D eigenvalue weighted by Crippen LogP contribution is 2.49. The molecule has 3 heterocycles. The molecule has 3 aromatic carbocycles. The monoisotopic (exact) mass is 452 g/mol. The second kappa shape index (κ2) is 7.28. The Morgan fingerprint density at radius 2 is 1.94 bits per heavy atom. The van der Waals surface area contributed by atoms with Crippen molar-refractivity contribution in [3.63, 3.8) is 0 Å². The van der Waals surface area contributed by atoms with E-state index in [0.717, 1.165) is 66.3 Å². The summed E-state index contributed by atoms with van der Waals surface area (Å²) in [5, 5.41) is 25.4. The van der Waals surface area contributed by atoms with Gasteiger partial charge in [0.05, 0.1) is 17.0 Å². The standard InChI is InChI=1S/C29H28N2O3/c1-2-31-23-11-7-17(24-5-3-4-12-34-24)14-21(23)26-22-15-30-29(33)27(22)25-19-10-8-18(32)13-16(19)6-9-20(25)28(26)31/h7-8,10-11,13-15,24,30,32-33H,2-6,9,12H2,1H3. The Hall–Kier alpha value is -3.44. The maximum atomic E-state index is 11.0. The van der Waals surface area contributed by atoms with E-state index in [1.807, 2.05) is 18.3 Å². The van der Waals surface area contributed by atoms with Crippen LogP contribution in [-0.2, 0) is 24.1 Å².